The second kappa shape index (κ2) is 8.08. The molecule has 144 valence electrons. The van der Waals surface area contributed by atoms with E-state index in [1.807, 2.05) is 32.0 Å². The Morgan fingerprint density at radius 1 is 1.36 bits per heavy atom. The average Bonchev–Trinajstić information content (AvgIpc) is 2.65. The topological polar surface area (TPSA) is 70.4 Å². The van der Waals surface area contributed by atoms with E-state index >= 15 is 0 Å². The maximum absolute atomic E-state index is 13.5. The standard InChI is InChI=1S/C20H17ClFN3O2S/c1-3-12-6-4-5-11(2)17(12)23-10-14-18(26)24-20(28)25(19(14)27)13-7-8-16(22)15(21)9-13/h4-10,27H,3H2,1-2H3,(H,24,26,28). The van der Waals surface area contributed by atoms with Crippen molar-refractivity contribution in [1.29, 1.82) is 0 Å². The molecule has 1 aromatic heterocycles. The molecule has 3 aromatic rings. The van der Waals surface area contributed by atoms with E-state index in [2.05, 4.69) is 9.98 Å². The molecule has 0 fully saturated rings. The van der Waals surface area contributed by atoms with Crippen molar-refractivity contribution in [3.63, 3.8) is 0 Å². The van der Waals surface area contributed by atoms with Crippen LogP contribution in [0.3, 0.4) is 0 Å². The molecular weight excluding hydrogens is 401 g/mol. The van der Waals surface area contributed by atoms with Crippen molar-refractivity contribution in [3.05, 3.63) is 79.1 Å². The Balaban J connectivity index is 2.17. The van der Waals surface area contributed by atoms with Gasteiger partial charge in [-0.3, -0.25) is 19.3 Å². The predicted octanol–water partition coefficient (Wildman–Crippen LogP) is 5.01. The molecule has 0 amide bonds. The Morgan fingerprint density at radius 3 is 2.79 bits per heavy atom. The molecule has 2 aromatic carbocycles. The summed E-state index contributed by atoms with van der Waals surface area (Å²) < 4.78 is 14.6. The van der Waals surface area contributed by atoms with E-state index in [1.54, 1.807) is 0 Å². The number of aliphatic imine (C=N–C) groups is 1. The smallest absolute Gasteiger partial charge is 0.264 e. The van der Waals surface area contributed by atoms with Crippen LogP contribution in [0.1, 0.15) is 23.6 Å². The number of rotatable bonds is 4. The average molecular weight is 418 g/mol. The van der Waals surface area contributed by atoms with Crippen LogP contribution in [0.25, 0.3) is 5.69 Å². The lowest BCUT2D eigenvalue weighted by molar-refractivity contribution is 0.432. The minimum absolute atomic E-state index is 0.0486. The fourth-order valence-electron chi connectivity index (χ4n) is 2.84. The third kappa shape index (κ3) is 3.76. The summed E-state index contributed by atoms with van der Waals surface area (Å²) in [5.41, 5.74) is 2.36. The lowest BCUT2D eigenvalue weighted by atomic mass is 10.1. The molecule has 0 aliphatic heterocycles. The van der Waals surface area contributed by atoms with Crippen LogP contribution < -0.4 is 5.56 Å². The van der Waals surface area contributed by atoms with Crippen LogP contribution in [-0.2, 0) is 6.42 Å². The molecule has 0 saturated carbocycles. The molecule has 2 N–H and O–H groups in total. The first kappa shape index (κ1) is 20.0. The van der Waals surface area contributed by atoms with Crippen LogP contribution in [0.15, 0.2) is 46.2 Å². The van der Waals surface area contributed by atoms with Crippen molar-refractivity contribution in [1.82, 2.24) is 9.55 Å². The largest absolute Gasteiger partial charge is 0.494 e. The number of H-pyrrole nitrogens is 1. The molecule has 0 atom stereocenters. The van der Waals surface area contributed by atoms with Gasteiger partial charge in [0.05, 0.1) is 16.4 Å². The Kier molecular flexibility index (Phi) is 5.76. The first-order valence-corrected chi connectivity index (χ1v) is 9.28. The fraction of sp³-hybridized carbons (Fsp3) is 0.150. The lowest BCUT2D eigenvalue weighted by Crippen LogP contribution is -2.18. The molecular formula is C20H17ClFN3O2S. The van der Waals surface area contributed by atoms with Crippen molar-refractivity contribution in [2.24, 2.45) is 4.99 Å². The van der Waals surface area contributed by atoms with Gasteiger partial charge in [-0.25, -0.2) is 4.39 Å². The van der Waals surface area contributed by atoms with Crippen LogP contribution in [0.5, 0.6) is 5.88 Å². The first-order valence-electron chi connectivity index (χ1n) is 8.49. The number of aryl methyl sites for hydroxylation is 2. The number of nitrogens with zero attached hydrogens (tertiary/aromatic N) is 2. The number of aromatic nitrogens is 2. The van der Waals surface area contributed by atoms with Gasteiger partial charge in [-0.1, -0.05) is 36.7 Å². The highest BCUT2D eigenvalue weighted by Gasteiger charge is 2.14. The molecule has 8 heteroatoms. The summed E-state index contributed by atoms with van der Waals surface area (Å²) in [7, 11) is 0. The number of nitrogens with one attached hydrogen (secondary N) is 1. The molecule has 0 spiro atoms. The van der Waals surface area contributed by atoms with E-state index in [-0.39, 0.29) is 15.4 Å². The van der Waals surface area contributed by atoms with Crippen LogP contribution in [0.4, 0.5) is 10.1 Å². The van der Waals surface area contributed by atoms with E-state index in [0.717, 1.165) is 29.3 Å². The SMILES string of the molecule is CCc1cccc(C)c1N=Cc1c(O)n(-c2ccc(F)c(Cl)c2)c(=S)[nH]c1=O. The molecule has 0 aliphatic rings. The zero-order chi connectivity index (χ0) is 20.4. The zero-order valence-electron chi connectivity index (χ0n) is 15.2. The maximum Gasteiger partial charge on any atom is 0.264 e. The predicted molar refractivity (Wildman–Crippen MR) is 112 cm³/mol. The monoisotopic (exact) mass is 417 g/mol. The second-order valence-corrected chi connectivity index (χ2v) is 6.92. The van der Waals surface area contributed by atoms with Crippen molar-refractivity contribution in [2.45, 2.75) is 20.3 Å². The summed E-state index contributed by atoms with van der Waals surface area (Å²) in [4.78, 5) is 19.3. The summed E-state index contributed by atoms with van der Waals surface area (Å²) in [6.07, 6.45) is 2.07. The number of hydrogen-bond donors (Lipinski definition) is 2. The van der Waals surface area contributed by atoms with Gasteiger partial charge in [0.1, 0.15) is 11.4 Å². The van der Waals surface area contributed by atoms with Gasteiger partial charge in [0.15, 0.2) is 4.77 Å². The van der Waals surface area contributed by atoms with Gasteiger partial charge in [0.2, 0.25) is 5.88 Å². The highest BCUT2D eigenvalue weighted by molar-refractivity contribution is 7.71. The minimum atomic E-state index is -0.603. The Hall–Kier alpha value is -2.77. The molecule has 1 heterocycles. The lowest BCUT2D eigenvalue weighted by Gasteiger charge is -2.12. The molecule has 28 heavy (non-hydrogen) atoms. The van der Waals surface area contributed by atoms with E-state index < -0.39 is 17.3 Å². The summed E-state index contributed by atoms with van der Waals surface area (Å²) >= 11 is 11.0. The van der Waals surface area contributed by atoms with Gasteiger partial charge in [0.25, 0.3) is 5.56 Å². The van der Waals surface area contributed by atoms with Crippen molar-refractivity contribution < 1.29 is 9.50 Å². The molecule has 0 bridgehead atoms. The molecule has 0 radical (unpaired) electrons. The minimum Gasteiger partial charge on any atom is -0.494 e. The highest BCUT2D eigenvalue weighted by Crippen LogP contribution is 2.26. The van der Waals surface area contributed by atoms with Gasteiger partial charge in [-0.15, -0.1) is 0 Å². The number of aromatic amines is 1. The molecule has 0 aliphatic carbocycles. The van der Waals surface area contributed by atoms with Crippen molar-refractivity contribution >= 4 is 35.7 Å². The number of hydrogen-bond acceptors (Lipinski definition) is 4. The number of para-hydroxylation sites is 1. The van der Waals surface area contributed by atoms with E-state index in [4.69, 9.17) is 23.8 Å². The quantitative estimate of drug-likeness (QED) is 0.462. The van der Waals surface area contributed by atoms with E-state index in [1.165, 1.54) is 22.9 Å². The Labute approximate surface area is 170 Å². The molecule has 3 rings (SSSR count). The van der Waals surface area contributed by atoms with Crippen LogP contribution in [-0.4, -0.2) is 20.9 Å². The normalized spacial score (nSPS) is 11.3. The van der Waals surface area contributed by atoms with Gasteiger partial charge < -0.3 is 5.11 Å². The third-order valence-electron chi connectivity index (χ3n) is 4.31. The van der Waals surface area contributed by atoms with Gasteiger partial charge in [-0.05, 0) is 54.9 Å². The molecule has 5 nitrogen and oxygen atoms in total. The number of benzene rings is 2. The zero-order valence-corrected chi connectivity index (χ0v) is 16.7. The molecule has 0 unspecified atom stereocenters. The van der Waals surface area contributed by atoms with Gasteiger partial charge in [0, 0.05) is 6.21 Å². The summed E-state index contributed by atoms with van der Waals surface area (Å²) in [6, 6.07) is 9.67. The van der Waals surface area contributed by atoms with E-state index in [9.17, 15) is 14.3 Å². The maximum atomic E-state index is 13.5. The number of halogens is 2. The van der Waals surface area contributed by atoms with Gasteiger partial charge in [-0.2, -0.15) is 0 Å². The Bertz CT molecular complexity index is 1200. The second-order valence-electron chi connectivity index (χ2n) is 6.12. The van der Waals surface area contributed by atoms with Crippen LogP contribution >= 0.6 is 23.8 Å². The number of aromatic hydroxyl groups is 1. The molecule has 0 saturated heterocycles. The Morgan fingerprint density at radius 2 is 2.11 bits per heavy atom. The van der Waals surface area contributed by atoms with Crippen molar-refractivity contribution in [3.8, 4) is 11.6 Å². The summed E-state index contributed by atoms with van der Waals surface area (Å²) in [6.45, 7) is 3.93. The van der Waals surface area contributed by atoms with E-state index in [0.29, 0.717) is 5.69 Å². The van der Waals surface area contributed by atoms with Crippen LogP contribution in [0.2, 0.25) is 5.02 Å². The van der Waals surface area contributed by atoms with Gasteiger partial charge >= 0.3 is 0 Å². The fourth-order valence-corrected chi connectivity index (χ4v) is 3.30. The van der Waals surface area contributed by atoms with Crippen molar-refractivity contribution in [2.75, 3.05) is 0 Å². The summed E-state index contributed by atoms with van der Waals surface area (Å²) in [5.74, 6) is -1.01. The summed E-state index contributed by atoms with van der Waals surface area (Å²) in [5, 5.41) is 10.6. The first-order chi connectivity index (χ1) is 13.3. The third-order valence-corrected chi connectivity index (χ3v) is 4.88. The van der Waals surface area contributed by atoms with Crippen LogP contribution in [0, 0.1) is 17.5 Å². The highest BCUT2D eigenvalue weighted by atomic mass is 35.5.